The Morgan fingerprint density at radius 1 is 1.17 bits per heavy atom. The molecule has 1 saturated heterocycles. The number of ether oxygens (including phenoxy) is 2. The van der Waals surface area contributed by atoms with Crippen molar-refractivity contribution in [3.63, 3.8) is 0 Å². The lowest BCUT2D eigenvalue weighted by Gasteiger charge is -2.32. The summed E-state index contributed by atoms with van der Waals surface area (Å²) in [7, 11) is 0. The molecule has 2 aromatic carbocycles. The molecule has 2 aromatic rings. The van der Waals surface area contributed by atoms with Gasteiger partial charge in [0, 0.05) is 28.7 Å². The van der Waals surface area contributed by atoms with Gasteiger partial charge in [0.1, 0.15) is 6.10 Å². The molecule has 0 aliphatic carbocycles. The molecule has 0 aromatic heterocycles. The molecule has 0 unspecified atom stereocenters. The van der Waals surface area contributed by atoms with Gasteiger partial charge in [-0.15, -0.1) is 0 Å². The van der Waals surface area contributed by atoms with Crippen molar-refractivity contribution in [3.8, 4) is 5.75 Å². The maximum atomic E-state index is 14.4. The third-order valence-corrected chi connectivity index (χ3v) is 5.99. The average Bonchev–Trinajstić information content (AvgIpc) is 3.04. The molecule has 1 aliphatic rings. The lowest BCUT2D eigenvalue weighted by molar-refractivity contribution is -0.272. The molecular formula is C22H19F7N2O4. The van der Waals surface area contributed by atoms with Crippen LogP contribution in [0.25, 0.3) is 0 Å². The van der Waals surface area contributed by atoms with Crippen LogP contribution in [-0.2, 0) is 9.53 Å². The number of amides is 2. The minimum Gasteiger partial charge on any atom is -0.431 e. The Morgan fingerprint density at radius 2 is 1.83 bits per heavy atom. The summed E-state index contributed by atoms with van der Waals surface area (Å²) in [6, 6.07) is 6.41. The van der Waals surface area contributed by atoms with E-state index in [1.807, 2.05) is 0 Å². The first kappa shape index (κ1) is 26.3. The van der Waals surface area contributed by atoms with Crippen molar-refractivity contribution >= 4 is 17.5 Å². The summed E-state index contributed by atoms with van der Waals surface area (Å²) in [6.45, 7) is -1.95. The topological polar surface area (TPSA) is 90.6 Å². The Balaban J connectivity index is 2.10. The predicted octanol–water partition coefficient (Wildman–Crippen LogP) is 4.74. The highest BCUT2D eigenvalue weighted by Gasteiger charge is 2.66. The average molecular weight is 508 g/mol. The molecule has 1 heterocycles. The Bertz CT molecular complexity index is 1140. The van der Waals surface area contributed by atoms with Crippen LogP contribution in [0.2, 0.25) is 0 Å². The van der Waals surface area contributed by atoms with Crippen LogP contribution in [0.15, 0.2) is 36.4 Å². The van der Waals surface area contributed by atoms with Crippen LogP contribution in [0.1, 0.15) is 35.7 Å². The van der Waals surface area contributed by atoms with Crippen molar-refractivity contribution in [3.05, 3.63) is 59.2 Å². The van der Waals surface area contributed by atoms with Crippen molar-refractivity contribution in [1.82, 2.24) is 0 Å². The second kappa shape index (κ2) is 9.36. The maximum Gasteiger partial charge on any atom is 0.417 e. The zero-order chi connectivity index (χ0) is 26.3. The highest BCUT2D eigenvalue weighted by molar-refractivity contribution is 5.98. The predicted molar refractivity (Wildman–Crippen MR) is 108 cm³/mol. The third kappa shape index (κ3) is 4.90. The first-order valence-corrected chi connectivity index (χ1v) is 10.1. The van der Waals surface area contributed by atoms with Gasteiger partial charge in [0.25, 0.3) is 5.91 Å². The lowest BCUT2D eigenvalue weighted by atomic mass is 9.77. The van der Waals surface area contributed by atoms with Crippen molar-refractivity contribution in [1.29, 1.82) is 0 Å². The highest BCUT2D eigenvalue weighted by atomic mass is 19.4. The smallest absolute Gasteiger partial charge is 0.417 e. The number of nitrogens with one attached hydrogen (secondary N) is 1. The SMILES string of the molecule is C[C@@H]1[C@@H](c2ccc(F)c(F)c2OC(F)F)[C@@H](C(=O)Nc2cccc(C(N)=O)c2)O[C@]1(C)C(F)(F)F. The first-order valence-electron chi connectivity index (χ1n) is 10.1. The number of alkyl halides is 5. The number of halogens is 7. The molecule has 190 valence electrons. The van der Waals surface area contributed by atoms with Crippen LogP contribution in [0.4, 0.5) is 36.4 Å². The minimum atomic E-state index is -5.03. The van der Waals surface area contributed by atoms with E-state index < -0.39 is 71.1 Å². The molecule has 4 atom stereocenters. The Morgan fingerprint density at radius 3 is 2.40 bits per heavy atom. The number of hydrogen-bond donors (Lipinski definition) is 2. The summed E-state index contributed by atoms with van der Waals surface area (Å²) < 4.78 is 105. The molecule has 3 rings (SSSR count). The van der Waals surface area contributed by atoms with E-state index in [2.05, 4.69) is 10.1 Å². The zero-order valence-corrected chi connectivity index (χ0v) is 18.1. The largest absolute Gasteiger partial charge is 0.431 e. The monoisotopic (exact) mass is 508 g/mol. The van der Waals surface area contributed by atoms with Crippen LogP contribution < -0.4 is 15.8 Å². The van der Waals surface area contributed by atoms with E-state index in [9.17, 15) is 40.3 Å². The maximum absolute atomic E-state index is 14.4. The fraction of sp³-hybridized carbons (Fsp3) is 0.364. The molecule has 2 amide bonds. The third-order valence-electron chi connectivity index (χ3n) is 5.99. The quantitative estimate of drug-likeness (QED) is 0.552. The second-order valence-electron chi connectivity index (χ2n) is 8.05. The molecule has 1 fully saturated rings. The molecular weight excluding hydrogens is 489 g/mol. The number of carbonyl (C=O) groups is 2. The minimum absolute atomic E-state index is 0.0200. The van der Waals surface area contributed by atoms with Crippen LogP contribution in [0, 0.1) is 17.6 Å². The number of anilines is 1. The van der Waals surface area contributed by atoms with Gasteiger partial charge in [-0.2, -0.15) is 26.3 Å². The fourth-order valence-corrected chi connectivity index (χ4v) is 4.01. The van der Waals surface area contributed by atoms with Gasteiger partial charge in [-0.1, -0.05) is 19.1 Å². The number of nitrogens with two attached hydrogens (primary N) is 1. The van der Waals surface area contributed by atoms with Gasteiger partial charge in [0.05, 0.1) is 0 Å². The Labute approximate surface area is 194 Å². The Kier molecular flexibility index (Phi) is 7.02. The summed E-state index contributed by atoms with van der Waals surface area (Å²) in [4.78, 5) is 24.4. The van der Waals surface area contributed by atoms with Gasteiger partial charge < -0.3 is 20.5 Å². The van der Waals surface area contributed by atoms with Gasteiger partial charge in [-0.25, -0.2) is 4.39 Å². The van der Waals surface area contributed by atoms with E-state index in [4.69, 9.17) is 10.5 Å². The number of carbonyl (C=O) groups excluding carboxylic acids is 2. The highest BCUT2D eigenvalue weighted by Crippen LogP contribution is 2.55. The summed E-state index contributed by atoms with van der Waals surface area (Å²) in [5.41, 5.74) is 1.54. The Hall–Kier alpha value is -3.35. The fourth-order valence-electron chi connectivity index (χ4n) is 4.01. The van der Waals surface area contributed by atoms with Crippen LogP contribution >= 0.6 is 0 Å². The summed E-state index contributed by atoms with van der Waals surface area (Å²) in [6.07, 6.45) is -7.04. The van der Waals surface area contributed by atoms with Gasteiger partial charge in [0.15, 0.2) is 17.2 Å². The molecule has 6 nitrogen and oxygen atoms in total. The van der Waals surface area contributed by atoms with Crippen molar-refractivity contribution < 1.29 is 49.8 Å². The van der Waals surface area contributed by atoms with E-state index in [0.29, 0.717) is 13.0 Å². The lowest BCUT2D eigenvalue weighted by Crippen LogP contribution is -2.47. The standard InChI is InChI=1S/C22H19F7N2O4/c1-9-14(12-6-7-13(23)15(24)16(12)34-20(25)26)17(35-21(9,2)22(27,28)29)19(33)31-11-5-3-4-10(8-11)18(30)32/h3-9,14,17,20H,1-2H3,(H2,30,32)(H,31,33)/t9-,14+,17+,21+/m1/s1. The molecule has 0 spiro atoms. The molecule has 1 aliphatic heterocycles. The molecule has 13 heteroatoms. The van der Waals surface area contributed by atoms with E-state index in [1.54, 1.807) is 0 Å². The molecule has 35 heavy (non-hydrogen) atoms. The summed E-state index contributed by atoms with van der Waals surface area (Å²) in [5.74, 6) is -10.1. The molecule has 0 radical (unpaired) electrons. The number of benzene rings is 2. The second-order valence-corrected chi connectivity index (χ2v) is 8.05. The molecule has 0 bridgehead atoms. The van der Waals surface area contributed by atoms with Crippen LogP contribution in [0.3, 0.4) is 0 Å². The van der Waals surface area contributed by atoms with Crippen molar-refractivity contribution in [2.24, 2.45) is 11.7 Å². The summed E-state index contributed by atoms with van der Waals surface area (Å²) >= 11 is 0. The van der Waals surface area contributed by atoms with Gasteiger partial charge in [0.2, 0.25) is 11.7 Å². The summed E-state index contributed by atoms with van der Waals surface area (Å²) in [5, 5.41) is 2.28. The van der Waals surface area contributed by atoms with Crippen molar-refractivity contribution in [2.75, 3.05) is 5.32 Å². The number of hydrogen-bond acceptors (Lipinski definition) is 4. The normalized spacial score (nSPS) is 24.5. The van der Waals surface area contributed by atoms with E-state index >= 15 is 0 Å². The molecule has 3 N–H and O–H groups in total. The van der Waals surface area contributed by atoms with Crippen LogP contribution in [0.5, 0.6) is 5.75 Å². The molecule has 0 saturated carbocycles. The first-order chi connectivity index (χ1) is 16.2. The van der Waals surface area contributed by atoms with E-state index in [0.717, 1.165) is 19.1 Å². The van der Waals surface area contributed by atoms with Gasteiger partial charge in [-0.3, -0.25) is 9.59 Å². The number of primary amides is 1. The van der Waals surface area contributed by atoms with Crippen LogP contribution in [-0.4, -0.2) is 36.3 Å². The van der Waals surface area contributed by atoms with Crippen molar-refractivity contribution in [2.45, 2.75) is 44.3 Å². The number of rotatable bonds is 6. The zero-order valence-electron chi connectivity index (χ0n) is 18.1. The van der Waals surface area contributed by atoms with Gasteiger partial charge >= 0.3 is 12.8 Å². The van der Waals surface area contributed by atoms with E-state index in [-0.39, 0.29) is 11.3 Å². The van der Waals surface area contributed by atoms with Gasteiger partial charge in [-0.05, 0) is 31.2 Å². The van der Waals surface area contributed by atoms with E-state index in [1.165, 1.54) is 18.2 Å².